The Balaban J connectivity index is 2.44. The van der Waals surface area contributed by atoms with E-state index >= 15 is 0 Å². The fraction of sp³-hybridized carbons (Fsp3) is 0.333. The van der Waals surface area contributed by atoms with Gasteiger partial charge in [0, 0.05) is 12.4 Å². The van der Waals surface area contributed by atoms with Crippen molar-refractivity contribution in [3.05, 3.63) is 22.9 Å². The number of aromatic amines is 1. The molecular formula is C6H8N2O3. The summed E-state index contributed by atoms with van der Waals surface area (Å²) in [6.07, 6.45) is 3.12. The van der Waals surface area contributed by atoms with Gasteiger partial charge in [-0.05, 0) is 0 Å². The van der Waals surface area contributed by atoms with Crippen molar-refractivity contribution >= 4 is 6.47 Å². The summed E-state index contributed by atoms with van der Waals surface area (Å²) in [6.45, 7) is 0.972. The van der Waals surface area contributed by atoms with Crippen LogP contribution in [0.25, 0.3) is 0 Å². The van der Waals surface area contributed by atoms with Crippen LogP contribution in [0.2, 0.25) is 0 Å². The molecule has 0 saturated heterocycles. The van der Waals surface area contributed by atoms with E-state index in [0.717, 1.165) is 0 Å². The number of carbonyl (C=O) groups excluding carboxylic acids is 1. The molecule has 0 spiro atoms. The van der Waals surface area contributed by atoms with E-state index in [1.807, 2.05) is 0 Å². The van der Waals surface area contributed by atoms with Gasteiger partial charge in [-0.15, -0.1) is 0 Å². The highest BCUT2D eigenvalue weighted by molar-refractivity contribution is 5.36. The molecule has 1 N–H and O–H groups in total. The first kappa shape index (κ1) is 7.59. The molecule has 11 heavy (non-hydrogen) atoms. The Morgan fingerprint density at radius 1 is 1.73 bits per heavy atom. The number of nitrogens with zero attached hydrogens (tertiary/aromatic N) is 1. The number of rotatable bonds is 4. The highest BCUT2D eigenvalue weighted by Gasteiger charge is 1.93. The number of hydrogen-bond acceptors (Lipinski definition) is 3. The second-order valence-corrected chi connectivity index (χ2v) is 1.93. The van der Waals surface area contributed by atoms with Gasteiger partial charge in [-0.2, -0.15) is 0 Å². The summed E-state index contributed by atoms with van der Waals surface area (Å²) in [5.74, 6) is 0. The molecule has 0 atom stereocenters. The van der Waals surface area contributed by atoms with Crippen molar-refractivity contribution in [2.24, 2.45) is 0 Å². The smallest absolute Gasteiger partial charge is 0.325 e. The quantitative estimate of drug-likeness (QED) is 0.465. The van der Waals surface area contributed by atoms with Gasteiger partial charge < -0.3 is 9.72 Å². The number of aromatic nitrogens is 2. The van der Waals surface area contributed by atoms with Gasteiger partial charge >= 0.3 is 5.69 Å². The molecule has 0 unspecified atom stereocenters. The van der Waals surface area contributed by atoms with Crippen molar-refractivity contribution in [3.8, 4) is 0 Å². The molecule has 0 radical (unpaired) electrons. The molecule has 1 aromatic heterocycles. The van der Waals surface area contributed by atoms with E-state index in [4.69, 9.17) is 0 Å². The highest BCUT2D eigenvalue weighted by atomic mass is 16.5. The van der Waals surface area contributed by atoms with Gasteiger partial charge in [0.25, 0.3) is 6.47 Å². The molecule has 0 bridgehead atoms. The monoisotopic (exact) mass is 156 g/mol. The maximum atomic E-state index is 10.8. The van der Waals surface area contributed by atoms with E-state index in [1.165, 1.54) is 10.8 Å². The molecule has 5 nitrogen and oxygen atoms in total. The zero-order valence-corrected chi connectivity index (χ0v) is 5.82. The first-order chi connectivity index (χ1) is 5.34. The van der Waals surface area contributed by atoms with Crippen LogP contribution in [-0.2, 0) is 16.1 Å². The number of imidazole rings is 1. The lowest BCUT2D eigenvalue weighted by atomic mass is 10.7. The van der Waals surface area contributed by atoms with Crippen LogP contribution in [0.4, 0.5) is 0 Å². The zero-order valence-electron chi connectivity index (χ0n) is 5.82. The van der Waals surface area contributed by atoms with Crippen LogP contribution < -0.4 is 5.69 Å². The van der Waals surface area contributed by atoms with Gasteiger partial charge in [-0.3, -0.25) is 9.36 Å². The maximum absolute atomic E-state index is 10.8. The molecule has 1 rings (SSSR count). The molecular weight excluding hydrogens is 148 g/mol. The fourth-order valence-electron chi connectivity index (χ4n) is 0.724. The Morgan fingerprint density at radius 2 is 2.55 bits per heavy atom. The summed E-state index contributed by atoms with van der Waals surface area (Å²) >= 11 is 0. The van der Waals surface area contributed by atoms with E-state index in [-0.39, 0.29) is 12.3 Å². The third kappa shape index (κ3) is 1.96. The third-order valence-corrected chi connectivity index (χ3v) is 1.24. The van der Waals surface area contributed by atoms with Crippen molar-refractivity contribution in [1.29, 1.82) is 0 Å². The Hall–Kier alpha value is -1.52. The van der Waals surface area contributed by atoms with Crippen molar-refractivity contribution in [1.82, 2.24) is 9.55 Å². The van der Waals surface area contributed by atoms with Crippen LogP contribution in [0.15, 0.2) is 17.2 Å². The molecule has 5 heteroatoms. The van der Waals surface area contributed by atoms with Gasteiger partial charge in [0.15, 0.2) is 0 Å². The molecule has 1 aromatic rings. The van der Waals surface area contributed by atoms with E-state index < -0.39 is 0 Å². The largest absolute Gasteiger partial charge is 0.466 e. The van der Waals surface area contributed by atoms with Crippen molar-refractivity contribution in [2.75, 3.05) is 6.61 Å². The predicted octanol–water partition coefficient (Wildman–Crippen LogP) is -0.651. The summed E-state index contributed by atoms with van der Waals surface area (Å²) in [6, 6.07) is 0. The van der Waals surface area contributed by atoms with Crippen LogP contribution in [0.3, 0.4) is 0 Å². The highest BCUT2D eigenvalue weighted by Crippen LogP contribution is 1.78. The van der Waals surface area contributed by atoms with Crippen LogP contribution in [-0.4, -0.2) is 22.6 Å². The average molecular weight is 156 g/mol. The molecule has 0 saturated carbocycles. The molecule has 0 amide bonds. The number of carbonyl (C=O) groups is 1. The Morgan fingerprint density at radius 3 is 3.09 bits per heavy atom. The third-order valence-electron chi connectivity index (χ3n) is 1.24. The van der Waals surface area contributed by atoms with Crippen LogP contribution >= 0.6 is 0 Å². The van der Waals surface area contributed by atoms with E-state index in [9.17, 15) is 9.59 Å². The first-order valence-corrected chi connectivity index (χ1v) is 3.13. The lowest BCUT2D eigenvalue weighted by Crippen LogP contribution is -2.18. The number of H-pyrrole nitrogens is 1. The second kappa shape index (κ2) is 3.60. The van der Waals surface area contributed by atoms with Gasteiger partial charge in [-0.25, -0.2) is 4.79 Å². The molecule has 0 fully saturated rings. The summed E-state index contributed by atoms with van der Waals surface area (Å²) in [7, 11) is 0. The Bertz CT molecular complexity index is 275. The molecule has 1 heterocycles. The van der Waals surface area contributed by atoms with Gasteiger partial charge in [0.1, 0.15) is 6.61 Å². The lowest BCUT2D eigenvalue weighted by molar-refractivity contribution is -0.128. The van der Waals surface area contributed by atoms with Crippen molar-refractivity contribution < 1.29 is 9.53 Å². The summed E-state index contributed by atoms with van der Waals surface area (Å²) < 4.78 is 5.83. The van der Waals surface area contributed by atoms with Crippen molar-refractivity contribution in [3.63, 3.8) is 0 Å². The normalized spacial score (nSPS) is 9.45. The SMILES string of the molecule is O=COCCn1cc[nH]c1=O. The van der Waals surface area contributed by atoms with Gasteiger partial charge in [0.05, 0.1) is 6.54 Å². The number of hydrogen-bond donors (Lipinski definition) is 1. The van der Waals surface area contributed by atoms with E-state index in [2.05, 4.69) is 9.72 Å². The molecule has 0 aliphatic carbocycles. The van der Waals surface area contributed by atoms with Crippen LogP contribution in [0.5, 0.6) is 0 Å². The standard InChI is InChI=1S/C6H8N2O3/c9-5-11-4-3-8-2-1-7-6(8)10/h1-2,5H,3-4H2,(H,7,10). The maximum Gasteiger partial charge on any atom is 0.325 e. The van der Waals surface area contributed by atoms with E-state index in [0.29, 0.717) is 13.0 Å². The second-order valence-electron chi connectivity index (χ2n) is 1.93. The average Bonchev–Trinajstić information content (AvgIpc) is 2.37. The van der Waals surface area contributed by atoms with Crippen LogP contribution in [0, 0.1) is 0 Å². The van der Waals surface area contributed by atoms with Gasteiger partial charge in [0.2, 0.25) is 0 Å². The van der Waals surface area contributed by atoms with Crippen molar-refractivity contribution in [2.45, 2.75) is 6.54 Å². The van der Waals surface area contributed by atoms with E-state index in [1.54, 1.807) is 6.20 Å². The first-order valence-electron chi connectivity index (χ1n) is 3.13. The van der Waals surface area contributed by atoms with Gasteiger partial charge in [-0.1, -0.05) is 0 Å². The predicted molar refractivity (Wildman–Crippen MR) is 37.1 cm³/mol. The summed E-state index contributed by atoms with van der Waals surface area (Å²) in [4.78, 5) is 22.9. The number of nitrogens with one attached hydrogen (secondary N) is 1. The zero-order chi connectivity index (χ0) is 8.10. The molecule has 0 aliphatic heterocycles. The van der Waals surface area contributed by atoms with Crippen LogP contribution in [0.1, 0.15) is 0 Å². The topological polar surface area (TPSA) is 64.1 Å². The minimum Gasteiger partial charge on any atom is -0.466 e. The Labute approximate surface area is 62.6 Å². The fourth-order valence-corrected chi connectivity index (χ4v) is 0.724. The molecule has 0 aromatic carbocycles. The summed E-state index contributed by atoms with van der Waals surface area (Å²) in [5, 5.41) is 0. The molecule has 60 valence electrons. The lowest BCUT2D eigenvalue weighted by Gasteiger charge is -1.97. The summed E-state index contributed by atoms with van der Waals surface area (Å²) in [5.41, 5.74) is -0.195. The Kier molecular flexibility index (Phi) is 2.48. The number of ether oxygens (including phenoxy) is 1. The molecule has 0 aliphatic rings. The minimum atomic E-state index is -0.195. The minimum absolute atomic E-state index is 0.195.